The Morgan fingerprint density at radius 3 is 2.61 bits per heavy atom. The third-order valence-electron chi connectivity index (χ3n) is 2.73. The second-order valence-corrected chi connectivity index (χ2v) is 5.11. The lowest BCUT2D eigenvalue weighted by Crippen LogP contribution is -1.93. The Labute approximate surface area is 119 Å². The van der Waals surface area contributed by atoms with Crippen LogP contribution in [0.25, 0.3) is 16.7 Å². The van der Waals surface area contributed by atoms with Gasteiger partial charge >= 0.3 is 0 Å². The zero-order chi connectivity index (χ0) is 12.7. The van der Waals surface area contributed by atoms with Gasteiger partial charge in [0.1, 0.15) is 0 Å². The molecule has 3 aromatic rings. The number of nitrogens with one attached hydrogen (secondary N) is 1. The summed E-state index contributed by atoms with van der Waals surface area (Å²) in [6.07, 6.45) is 0. The molecule has 0 aliphatic rings. The minimum absolute atomic E-state index is 0.598. The van der Waals surface area contributed by atoms with E-state index in [-0.39, 0.29) is 0 Å². The average Bonchev–Trinajstić information content (AvgIpc) is 2.67. The molecule has 0 radical (unpaired) electrons. The van der Waals surface area contributed by atoms with Crippen LogP contribution < -0.4 is 0 Å². The third kappa shape index (κ3) is 1.85. The Morgan fingerprint density at radius 2 is 1.83 bits per heavy atom. The highest BCUT2D eigenvalue weighted by Crippen LogP contribution is 2.26. The summed E-state index contributed by atoms with van der Waals surface area (Å²) in [5.41, 5.74) is 2.69. The summed E-state index contributed by atoms with van der Waals surface area (Å²) in [6, 6.07) is 13.2. The molecule has 0 atom stereocenters. The zero-order valence-electron chi connectivity index (χ0n) is 9.15. The van der Waals surface area contributed by atoms with E-state index >= 15 is 0 Å². The van der Waals surface area contributed by atoms with E-state index in [4.69, 9.17) is 35.4 Å². The minimum atomic E-state index is 0.598. The summed E-state index contributed by atoms with van der Waals surface area (Å²) >= 11 is 17.5. The molecule has 0 fully saturated rings. The van der Waals surface area contributed by atoms with Crippen LogP contribution in [0.15, 0.2) is 42.5 Å². The average molecular weight is 295 g/mol. The Morgan fingerprint density at radius 1 is 1.06 bits per heavy atom. The Hall–Kier alpha value is -1.29. The van der Waals surface area contributed by atoms with Gasteiger partial charge in [-0.1, -0.05) is 35.3 Å². The van der Waals surface area contributed by atoms with Gasteiger partial charge in [-0.05, 0) is 42.5 Å². The number of nitrogens with zero attached hydrogens (tertiary/aromatic N) is 1. The van der Waals surface area contributed by atoms with E-state index in [1.165, 1.54) is 0 Å². The van der Waals surface area contributed by atoms with Crippen molar-refractivity contribution >= 4 is 46.5 Å². The smallest absolute Gasteiger partial charge is 0.182 e. The molecule has 2 nitrogen and oxygen atoms in total. The van der Waals surface area contributed by atoms with E-state index in [1.807, 2.05) is 47.0 Å². The molecule has 0 unspecified atom stereocenters. The predicted molar refractivity (Wildman–Crippen MR) is 78.5 cm³/mol. The molecular weight excluding hydrogens is 287 g/mol. The van der Waals surface area contributed by atoms with Crippen molar-refractivity contribution < 1.29 is 0 Å². The van der Waals surface area contributed by atoms with Crippen molar-refractivity contribution in [1.29, 1.82) is 0 Å². The highest BCUT2D eigenvalue weighted by Gasteiger charge is 2.08. The fourth-order valence-electron chi connectivity index (χ4n) is 1.97. The summed E-state index contributed by atoms with van der Waals surface area (Å²) in [5, 5.41) is 1.32. The zero-order valence-corrected chi connectivity index (χ0v) is 11.5. The number of rotatable bonds is 1. The largest absolute Gasteiger partial charge is 0.329 e. The van der Waals surface area contributed by atoms with Crippen molar-refractivity contribution in [3.05, 3.63) is 57.3 Å². The summed E-state index contributed by atoms with van der Waals surface area (Å²) in [5.74, 6) is 0. The molecule has 2 aromatic carbocycles. The minimum Gasteiger partial charge on any atom is -0.329 e. The molecule has 3 rings (SSSR count). The number of hydrogen-bond donors (Lipinski definition) is 1. The van der Waals surface area contributed by atoms with Crippen LogP contribution in [0.4, 0.5) is 0 Å². The first-order valence-corrected chi connectivity index (χ1v) is 6.48. The highest BCUT2D eigenvalue weighted by molar-refractivity contribution is 7.71. The maximum atomic E-state index is 6.14. The lowest BCUT2D eigenvalue weighted by Gasteiger charge is -2.04. The van der Waals surface area contributed by atoms with Gasteiger partial charge in [0, 0.05) is 10.7 Å². The lowest BCUT2D eigenvalue weighted by atomic mass is 10.3. The van der Waals surface area contributed by atoms with Crippen LogP contribution in [0.2, 0.25) is 10.0 Å². The van der Waals surface area contributed by atoms with E-state index < -0.39 is 0 Å². The van der Waals surface area contributed by atoms with E-state index in [2.05, 4.69) is 4.98 Å². The van der Waals surface area contributed by atoms with Crippen molar-refractivity contribution in [1.82, 2.24) is 9.55 Å². The molecule has 0 aliphatic carbocycles. The second-order valence-electron chi connectivity index (χ2n) is 3.88. The van der Waals surface area contributed by atoms with Gasteiger partial charge in [-0.25, -0.2) is 0 Å². The van der Waals surface area contributed by atoms with Crippen LogP contribution >= 0.6 is 35.4 Å². The van der Waals surface area contributed by atoms with Crippen LogP contribution in [-0.4, -0.2) is 9.55 Å². The van der Waals surface area contributed by atoms with Crippen molar-refractivity contribution in [2.24, 2.45) is 0 Å². The van der Waals surface area contributed by atoms with E-state index in [9.17, 15) is 0 Å². The van der Waals surface area contributed by atoms with Gasteiger partial charge in [-0.3, -0.25) is 4.57 Å². The molecule has 0 aliphatic heterocycles. The van der Waals surface area contributed by atoms with Gasteiger partial charge in [-0.15, -0.1) is 0 Å². The predicted octanol–water partition coefficient (Wildman–Crippen LogP) is 4.99. The van der Waals surface area contributed by atoms with Crippen molar-refractivity contribution in [2.75, 3.05) is 0 Å². The first-order chi connectivity index (χ1) is 8.66. The molecule has 0 bridgehead atoms. The Bertz CT molecular complexity index is 789. The number of aromatic amines is 1. The van der Waals surface area contributed by atoms with Crippen molar-refractivity contribution in [2.45, 2.75) is 0 Å². The number of imidazole rings is 1. The fraction of sp³-hybridized carbons (Fsp3) is 0. The normalized spacial score (nSPS) is 11.0. The molecule has 1 heterocycles. The first kappa shape index (κ1) is 11.8. The monoisotopic (exact) mass is 294 g/mol. The SMILES string of the molecule is S=c1[nH]c2c(Cl)cccc2n1-c1cccc(Cl)c1. The van der Waals surface area contributed by atoms with E-state index in [0.717, 1.165) is 16.7 Å². The third-order valence-corrected chi connectivity index (χ3v) is 3.57. The van der Waals surface area contributed by atoms with Gasteiger partial charge in [0.15, 0.2) is 4.77 Å². The molecule has 5 heteroatoms. The molecule has 1 N–H and O–H groups in total. The number of benzene rings is 2. The number of H-pyrrole nitrogens is 1. The highest BCUT2D eigenvalue weighted by atomic mass is 35.5. The van der Waals surface area contributed by atoms with E-state index in [0.29, 0.717) is 14.8 Å². The molecule has 0 saturated heterocycles. The molecule has 90 valence electrons. The molecule has 1 aromatic heterocycles. The van der Waals surface area contributed by atoms with Crippen molar-refractivity contribution in [3.8, 4) is 5.69 Å². The van der Waals surface area contributed by atoms with Gasteiger partial charge in [-0.2, -0.15) is 0 Å². The second kappa shape index (κ2) is 4.43. The maximum Gasteiger partial charge on any atom is 0.182 e. The molecule has 0 amide bonds. The first-order valence-electron chi connectivity index (χ1n) is 5.32. The molecule has 0 spiro atoms. The number of fused-ring (bicyclic) bond motifs is 1. The standard InChI is InChI=1S/C13H8Cl2N2S/c14-8-3-1-4-9(7-8)17-11-6-2-5-10(15)12(11)16-13(17)18/h1-7H,(H,16,18). The van der Waals surface area contributed by atoms with Crippen LogP contribution in [-0.2, 0) is 0 Å². The van der Waals surface area contributed by atoms with Gasteiger partial charge in [0.25, 0.3) is 0 Å². The number of aromatic nitrogens is 2. The molecule has 0 saturated carbocycles. The van der Waals surface area contributed by atoms with Crippen LogP contribution in [0.1, 0.15) is 0 Å². The summed E-state index contributed by atoms with van der Waals surface area (Å²) in [6.45, 7) is 0. The number of para-hydroxylation sites is 1. The van der Waals surface area contributed by atoms with Crippen LogP contribution in [0.5, 0.6) is 0 Å². The Balaban J connectivity index is 2.39. The molecular formula is C13H8Cl2N2S. The summed E-state index contributed by atoms with van der Waals surface area (Å²) in [4.78, 5) is 3.12. The summed E-state index contributed by atoms with van der Waals surface area (Å²) < 4.78 is 2.52. The van der Waals surface area contributed by atoms with Gasteiger partial charge < -0.3 is 4.98 Å². The maximum absolute atomic E-state index is 6.14. The lowest BCUT2D eigenvalue weighted by molar-refractivity contribution is 1.07. The van der Waals surface area contributed by atoms with Gasteiger partial charge in [0.05, 0.1) is 16.1 Å². The summed E-state index contributed by atoms with van der Waals surface area (Å²) in [7, 11) is 0. The van der Waals surface area contributed by atoms with Crippen LogP contribution in [0.3, 0.4) is 0 Å². The quantitative estimate of drug-likeness (QED) is 0.627. The Kier molecular flexibility index (Phi) is 2.90. The van der Waals surface area contributed by atoms with Crippen LogP contribution in [0, 0.1) is 4.77 Å². The molecule has 18 heavy (non-hydrogen) atoms. The topological polar surface area (TPSA) is 20.7 Å². The number of halogens is 2. The van der Waals surface area contributed by atoms with Crippen molar-refractivity contribution in [3.63, 3.8) is 0 Å². The van der Waals surface area contributed by atoms with E-state index in [1.54, 1.807) is 0 Å². The fourth-order valence-corrected chi connectivity index (χ4v) is 2.67. The number of hydrogen-bond acceptors (Lipinski definition) is 1. The van der Waals surface area contributed by atoms with Gasteiger partial charge in [0.2, 0.25) is 0 Å².